The Kier molecular flexibility index (Phi) is 2.68. The van der Waals surface area contributed by atoms with Gasteiger partial charge in [0.05, 0.1) is 18.2 Å². The number of hydrogen-bond donors (Lipinski definition) is 1. The second-order valence-electron chi connectivity index (χ2n) is 4.96. The fourth-order valence-corrected chi connectivity index (χ4v) is 2.39. The summed E-state index contributed by atoms with van der Waals surface area (Å²) in [5.41, 5.74) is 1.20. The number of halogens is 1. The lowest BCUT2D eigenvalue weighted by atomic mass is 10.1. The number of rotatable bonds is 2. The maximum absolute atomic E-state index is 8.95. The Bertz CT molecular complexity index is 441. The minimum atomic E-state index is 0.111. The highest BCUT2D eigenvalue weighted by atomic mass is 35.5. The van der Waals surface area contributed by atoms with E-state index in [4.69, 9.17) is 26.2 Å². The maximum atomic E-state index is 8.95. The SMILES string of the molecule is OCCc1cc(Cl)c2c(c1)OCC1(CC1)CO2. The van der Waals surface area contributed by atoms with Gasteiger partial charge < -0.3 is 14.6 Å². The summed E-state index contributed by atoms with van der Waals surface area (Å²) < 4.78 is 11.6. The lowest BCUT2D eigenvalue weighted by Gasteiger charge is -2.10. The van der Waals surface area contributed by atoms with Crippen LogP contribution in [0.15, 0.2) is 12.1 Å². The minimum Gasteiger partial charge on any atom is -0.489 e. The highest BCUT2D eigenvalue weighted by molar-refractivity contribution is 6.32. The van der Waals surface area contributed by atoms with Crippen molar-refractivity contribution in [1.82, 2.24) is 0 Å². The molecule has 1 heterocycles. The average Bonchev–Trinajstić information content (AvgIpc) is 3.08. The number of ether oxygens (including phenoxy) is 2. The van der Waals surface area contributed by atoms with Crippen LogP contribution in [-0.4, -0.2) is 24.9 Å². The molecule has 3 nitrogen and oxygen atoms in total. The first-order valence-electron chi connectivity index (χ1n) is 5.91. The van der Waals surface area contributed by atoms with Gasteiger partial charge in [-0.15, -0.1) is 0 Å². The van der Waals surface area contributed by atoms with E-state index in [0.717, 1.165) is 5.56 Å². The summed E-state index contributed by atoms with van der Waals surface area (Å²) in [6.07, 6.45) is 2.92. The second kappa shape index (κ2) is 4.07. The zero-order valence-corrected chi connectivity index (χ0v) is 10.3. The van der Waals surface area contributed by atoms with E-state index in [1.807, 2.05) is 12.1 Å². The molecule has 1 spiro atoms. The van der Waals surface area contributed by atoms with Crippen LogP contribution in [0.4, 0.5) is 0 Å². The predicted octanol–water partition coefficient (Wildman–Crippen LogP) is 2.43. The van der Waals surface area contributed by atoms with Crippen LogP contribution >= 0.6 is 11.6 Å². The average molecular weight is 255 g/mol. The van der Waals surface area contributed by atoms with E-state index in [9.17, 15) is 0 Å². The Hall–Kier alpha value is -0.930. The molecule has 0 saturated heterocycles. The molecule has 1 aliphatic heterocycles. The van der Waals surface area contributed by atoms with Crippen LogP contribution < -0.4 is 9.47 Å². The quantitative estimate of drug-likeness (QED) is 0.881. The van der Waals surface area contributed by atoms with Crippen molar-refractivity contribution in [3.8, 4) is 11.5 Å². The standard InChI is InChI=1S/C13H15ClO3/c14-10-5-9(1-4-15)6-11-12(10)17-8-13(2-3-13)7-16-11/h5-6,15H,1-4,7-8H2. The molecule has 1 N–H and O–H groups in total. The normalized spacial score (nSPS) is 20.1. The fourth-order valence-electron chi connectivity index (χ4n) is 2.11. The molecule has 3 rings (SSSR count). The molecule has 92 valence electrons. The molecule has 4 heteroatoms. The maximum Gasteiger partial charge on any atom is 0.179 e. The van der Waals surface area contributed by atoms with Crippen LogP contribution in [0.5, 0.6) is 11.5 Å². The Morgan fingerprint density at radius 3 is 2.71 bits per heavy atom. The molecule has 1 fully saturated rings. The molecule has 0 aromatic heterocycles. The van der Waals surface area contributed by atoms with E-state index in [1.54, 1.807) is 0 Å². The number of benzene rings is 1. The summed E-state index contributed by atoms with van der Waals surface area (Å²) in [7, 11) is 0. The van der Waals surface area contributed by atoms with E-state index in [2.05, 4.69) is 0 Å². The molecule has 0 radical (unpaired) electrons. The van der Waals surface area contributed by atoms with E-state index >= 15 is 0 Å². The molecule has 17 heavy (non-hydrogen) atoms. The van der Waals surface area contributed by atoms with Crippen LogP contribution in [0.2, 0.25) is 5.02 Å². The zero-order valence-electron chi connectivity index (χ0n) is 9.54. The van der Waals surface area contributed by atoms with Crippen LogP contribution in [-0.2, 0) is 6.42 Å². The molecule has 0 amide bonds. The van der Waals surface area contributed by atoms with Gasteiger partial charge in [0.2, 0.25) is 0 Å². The zero-order chi connectivity index (χ0) is 11.9. The van der Waals surface area contributed by atoms with Crippen molar-refractivity contribution in [2.24, 2.45) is 5.41 Å². The third-order valence-electron chi connectivity index (χ3n) is 3.48. The van der Waals surface area contributed by atoms with E-state index in [1.165, 1.54) is 12.8 Å². The summed E-state index contributed by atoms with van der Waals surface area (Å²) in [4.78, 5) is 0. The molecule has 1 aliphatic carbocycles. The number of hydrogen-bond acceptors (Lipinski definition) is 3. The highest BCUT2D eigenvalue weighted by Crippen LogP contribution is 2.50. The lowest BCUT2D eigenvalue weighted by molar-refractivity contribution is 0.197. The lowest BCUT2D eigenvalue weighted by Crippen LogP contribution is -2.17. The van der Waals surface area contributed by atoms with Gasteiger partial charge >= 0.3 is 0 Å². The Labute approximate surface area is 105 Å². The van der Waals surface area contributed by atoms with Gasteiger partial charge in [-0.1, -0.05) is 11.6 Å². The molecule has 2 aliphatic rings. The molecule has 0 atom stereocenters. The second-order valence-corrected chi connectivity index (χ2v) is 5.36. The summed E-state index contributed by atoms with van der Waals surface area (Å²) in [6, 6.07) is 3.75. The van der Waals surface area contributed by atoms with Crippen molar-refractivity contribution in [2.75, 3.05) is 19.8 Å². The molecule has 1 saturated carbocycles. The summed E-state index contributed by atoms with van der Waals surface area (Å²) in [6.45, 7) is 1.51. The minimum absolute atomic E-state index is 0.111. The van der Waals surface area contributed by atoms with Crippen molar-refractivity contribution in [3.63, 3.8) is 0 Å². The Balaban J connectivity index is 1.91. The van der Waals surface area contributed by atoms with Gasteiger partial charge in [0.25, 0.3) is 0 Å². The Morgan fingerprint density at radius 1 is 1.24 bits per heavy atom. The number of fused-ring (bicyclic) bond motifs is 1. The largest absolute Gasteiger partial charge is 0.489 e. The van der Waals surface area contributed by atoms with Crippen LogP contribution in [0.25, 0.3) is 0 Å². The Morgan fingerprint density at radius 2 is 2.00 bits per heavy atom. The van der Waals surface area contributed by atoms with E-state index in [0.29, 0.717) is 36.2 Å². The van der Waals surface area contributed by atoms with Crippen molar-refractivity contribution < 1.29 is 14.6 Å². The first kappa shape index (κ1) is 11.2. The molecular weight excluding hydrogens is 240 g/mol. The first-order valence-corrected chi connectivity index (χ1v) is 6.29. The van der Waals surface area contributed by atoms with Gasteiger partial charge in [-0.05, 0) is 37.0 Å². The third kappa shape index (κ3) is 2.09. The smallest absolute Gasteiger partial charge is 0.179 e. The van der Waals surface area contributed by atoms with E-state index < -0.39 is 0 Å². The van der Waals surface area contributed by atoms with E-state index in [-0.39, 0.29) is 12.0 Å². The van der Waals surface area contributed by atoms with Gasteiger partial charge in [0, 0.05) is 12.0 Å². The van der Waals surface area contributed by atoms with Crippen molar-refractivity contribution >= 4 is 11.6 Å². The van der Waals surface area contributed by atoms with Gasteiger partial charge in [-0.2, -0.15) is 0 Å². The topological polar surface area (TPSA) is 38.7 Å². The third-order valence-corrected chi connectivity index (χ3v) is 3.76. The monoisotopic (exact) mass is 254 g/mol. The molecular formula is C13H15ClO3. The van der Waals surface area contributed by atoms with Gasteiger partial charge in [-0.25, -0.2) is 0 Å². The van der Waals surface area contributed by atoms with Gasteiger partial charge in [0.1, 0.15) is 0 Å². The van der Waals surface area contributed by atoms with Crippen molar-refractivity contribution in [3.05, 3.63) is 22.7 Å². The molecule has 1 aromatic rings. The van der Waals surface area contributed by atoms with Crippen LogP contribution in [0, 0.1) is 5.41 Å². The van der Waals surface area contributed by atoms with Crippen LogP contribution in [0.1, 0.15) is 18.4 Å². The van der Waals surface area contributed by atoms with Crippen molar-refractivity contribution in [1.29, 1.82) is 0 Å². The molecule has 0 unspecified atom stereocenters. The summed E-state index contributed by atoms with van der Waals surface area (Å²) in [5.74, 6) is 1.36. The molecule has 0 bridgehead atoms. The summed E-state index contributed by atoms with van der Waals surface area (Å²) in [5, 5.41) is 9.52. The molecule has 1 aromatic carbocycles. The van der Waals surface area contributed by atoms with Gasteiger partial charge in [0.15, 0.2) is 11.5 Å². The van der Waals surface area contributed by atoms with Crippen molar-refractivity contribution in [2.45, 2.75) is 19.3 Å². The predicted molar refractivity (Wildman–Crippen MR) is 64.9 cm³/mol. The van der Waals surface area contributed by atoms with Gasteiger partial charge in [-0.3, -0.25) is 0 Å². The van der Waals surface area contributed by atoms with Crippen LogP contribution in [0.3, 0.4) is 0 Å². The summed E-state index contributed by atoms with van der Waals surface area (Å²) >= 11 is 6.18. The first-order chi connectivity index (χ1) is 8.22. The number of aliphatic hydroxyl groups excluding tert-OH is 1. The fraction of sp³-hybridized carbons (Fsp3) is 0.538. The number of aliphatic hydroxyl groups is 1. The highest BCUT2D eigenvalue weighted by Gasteiger charge is 2.46.